The number of nitrogens with zero attached hydrogens (tertiary/aromatic N) is 1. The van der Waals surface area contributed by atoms with Crippen molar-refractivity contribution in [1.82, 2.24) is 5.32 Å². The number of hydrogen-bond acceptors (Lipinski definition) is 5. The van der Waals surface area contributed by atoms with E-state index in [1.165, 1.54) is 7.11 Å². The predicted molar refractivity (Wildman–Crippen MR) is 88.7 cm³/mol. The first-order chi connectivity index (χ1) is 10.5. The van der Waals surface area contributed by atoms with E-state index in [1.54, 1.807) is 13.2 Å². The number of methoxy groups -OCH3 is 2. The van der Waals surface area contributed by atoms with E-state index in [0.717, 1.165) is 15.4 Å². The summed E-state index contributed by atoms with van der Waals surface area (Å²) in [6.45, 7) is 0.679. The Morgan fingerprint density at radius 2 is 2.14 bits per heavy atom. The molecule has 0 spiro atoms. The number of rotatable bonds is 4. The van der Waals surface area contributed by atoms with Crippen molar-refractivity contribution in [3.63, 3.8) is 0 Å². The third-order valence-electron chi connectivity index (χ3n) is 3.94. The molecule has 1 aromatic carbocycles. The smallest absolute Gasteiger partial charge is 0.327 e. The average molecular weight is 432 g/mol. The van der Waals surface area contributed by atoms with E-state index in [4.69, 9.17) is 9.47 Å². The van der Waals surface area contributed by atoms with Crippen LogP contribution in [0.1, 0.15) is 24.3 Å². The largest absolute Gasteiger partial charge is 0.496 e. The zero-order valence-electron chi connectivity index (χ0n) is 12.3. The number of nitriles is 1. The van der Waals surface area contributed by atoms with Gasteiger partial charge in [0.2, 0.25) is 0 Å². The summed E-state index contributed by atoms with van der Waals surface area (Å²) in [5.74, 6) is -0.486. The number of ether oxygens (including phenoxy) is 2. The maximum Gasteiger partial charge on any atom is 0.327 e. The van der Waals surface area contributed by atoms with Gasteiger partial charge in [0.1, 0.15) is 17.2 Å². The molecule has 1 aromatic rings. The summed E-state index contributed by atoms with van der Waals surface area (Å²) in [5.41, 5.74) is -0.326. The Balaban J connectivity index is 2.56. The molecule has 0 aliphatic carbocycles. The fourth-order valence-electron chi connectivity index (χ4n) is 2.86. The normalized spacial score (nSPS) is 22.0. The highest BCUT2D eigenvalue weighted by atomic mass is 79.9. The summed E-state index contributed by atoms with van der Waals surface area (Å²) in [4.78, 5) is 12.4. The predicted octanol–water partition coefficient (Wildman–Crippen LogP) is 3.12. The maximum absolute atomic E-state index is 12.4. The Hall–Kier alpha value is -1.10. The topological polar surface area (TPSA) is 71.4 Å². The van der Waals surface area contributed by atoms with Crippen LogP contribution in [0.3, 0.4) is 0 Å². The zero-order valence-corrected chi connectivity index (χ0v) is 15.5. The van der Waals surface area contributed by atoms with E-state index in [0.29, 0.717) is 24.3 Å². The molecular formula is C15H16Br2N2O3. The molecule has 0 aromatic heterocycles. The Kier molecular flexibility index (Phi) is 5.48. The van der Waals surface area contributed by atoms with E-state index >= 15 is 0 Å². The molecule has 1 fully saturated rings. The molecule has 1 heterocycles. The van der Waals surface area contributed by atoms with Gasteiger partial charge in [-0.15, -0.1) is 0 Å². The van der Waals surface area contributed by atoms with Crippen LogP contribution in [0.5, 0.6) is 5.75 Å². The SMILES string of the molecule is COC(=O)[C@@]1(C(C#N)c2cc(OC)c(Br)cc2Br)CCCN1. The van der Waals surface area contributed by atoms with Crippen LogP contribution in [-0.2, 0) is 9.53 Å². The average Bonchev–Trinajstić information content (AvgIpc) is 3.00. The molecule has 22 heavy (non-hydrogen) atoms. The van der Waals surface area contributed by atoms with Gasteiger partial charge in [0.15, 0.2) is 0 Å². The van der Waals surface area contributed by atoms with E-state index in [-0.39, 0.29) is 0 Å². The van der Waals surface area contributed by atoms with Crippen LogP contribution in [-0.4, -0.2) is 32.3 Å². The number of esters is 1. The number of carbonyl (C=O) groups excluding carboxylic acids is 1. The molecule has 1 unspecified atom stereocenters. The summed E-state index contributed by atoms with van der Waals surface area (Å²) in [6.07, 6.45) is 1.38. The van der Waals surface area contributed by atoms with Gasteiger partial charge in [-0.1, -0.05) is 15.9 Å². The lowest BCUT2D eigenvalue weighted by Gasteiger charge is -2.32. The lowest BCUT2D eigenvalue weighted by Crippen LogP contribution is -2.52. The molecule has 2 atom stereocenters. The molecule has 7 heteroatoms. The standard InChI is InChI=1S/C15H16Br2N2O3/c1-21-13-6-9(11(16)7-12(13)17)10(8-18)15(14(20)22-2)4-3-5-19-15/h6-7,10,19H,3-5H2,1-2H3/t10?,15-/m0/s1. The number of halogens is 2. The third-order valence-corrected chi connectivity index (χ3v) is 5.25. The molecule has 0 radical (unpaired) electrons. The lowest BCUT2D eigenvalue weighted by atomic mass is 9.79. The molecule has 1 aliphatic rings. The van der Waals surface area contributed by atoms with Crippen LogP contribution in [0.4, 0.5) is 0 Å². The highest BCUT2D eigenvalue weighted by Gasteiger charge is 2.50. The Morgan fingerprint density at radius 3 is 2.64 bits per heavy atom. The van der Waals surface area contributed by atoms with Crippen molar-refractivity contribution in [3.8, 4) is 11.8 Å². The second-order valence-electron chi connectivity index (χ2n) is 5.06. The molecule has 0 bridgehead atoms. The molecule has 1 N–H and O–H groups in total. The van der Waals surface area contributed by atoms with Crippen molar-refractivity contribution in [2.45, 2.75) is 24.3 Å². The minimum Gasteiger partial charge on any atom is -0.496 e. The summed E-state index contributed by atoms with van der Waals surface area (Å²) in [7, 11) is 2.90. The Bertz CT molecular complexity index is 622. The lowest BCUT2D eigenvalue weighted by molar-refractivity contribution is -0.148. The van der Waals surface area contributed by atoms with E-state index < -0.39 is 17.4 Å². The molecular weight excluding hydrogens is 416 g/mol. The quantitative estimate of drug-likeness (QED) is 0.741. The molecule has 0 amide bonds. The van der Waals surface area contributed by atoms with Gasteiger partial charge in [0.25, 0.3) is 0 Å². The summed E-state index contributed by atoms with van der Waals surface area (Å²) in [5, 5.41) is 12.9. The molecule has 5 nitrogen and oxygen atoms in total. The Morgan fingerprint density at radius 1 is 1.41 bits per heavy atom. The van der Waals surface area contributed by atoms with Crippen LogP contribution in [0, 0.1) is 11.3 Å². The van der Waals surface area contributed by atoms with Gasteiger partial charge >= 0.3 is 5.97 Å². The van der Waals surface area contributed by atoms with Crippen LogP contribution in [0.25, 0.3) is 0 Å². The first-order valence-corrected chi connectivity index (χ1v) is 8.34. The molecule has 118 valence electrons. The highest BCUT2D eigenvalue weighted by molar-refractivity contribution is 9.11. The fraction of sp³-hybridized carbons (Fsp3) is 0.467. The highest BCUT2D eigenvalue weighted by Crippen LogP contribution is 2.42. The van der Waals surface area contributed by atoms with Crippen LogP contribution >= 0.6 is 31.9 Å². The Labute approximate surface area is 146 Å². The monoisotopic (exact) mass is 430 g/mol. The molecule has 1 aliphatic heterocycles. The van der Waals surface area contributed by atoms with Crippen molar-refractivity contribution in [2.24, 2.45) is 0 Å². The first-order valence-electron chi connectivity index (χ1n) is 6.76. The van der Waals surface area contributed by atoms with Crippen molar-refractivity contribution < 1.29 is 14.3 Å². The maximum atomic E-state index is 12.4. The molecule has 1 saturated heterocycles. The zero-order chi connectivity index (χ0) is 16.3. The second kappa shape index (κ2) is 6.99. The van der Waals surface area contributed by atoms with Crippen LogP contribution in [0.2, 0.25) is 0 Å². The van der Waals surface area contributed by atoms with E-state index in [1.807, 2.05) is 6.07 Å². The molecule has 2 rings (SSSR count). The minimum absolute atomic E-state index is 0.412. The van der Waals surface area contributed by atoms with Gasteiger partial charge in [-0.05, 0) is 53.0 Å². The van der Waals surface area contributed by atoms with Crippen LogP contribution in [0.15, 0.2) is 21.1 Å². The van der Waals surface area contributed by atoms with E-state index in [2.05, 4.69) is 43.2 Å². The van der Waals surface area contributed by atoms with Gasteiger partial charge < -0.3 is 14.8 Å². The van der Waals surface area contributed by atoms with Crippen molar-refractivity contribution >= 4 is 37.8 Å². The first kappa shape index (κ1) is 17.3. The molecule has 0 saturated carbocycles. The number of benzene rings is 1. The van der Waals surface area contributed by atoms with Crippen LogP contribution < -0.4 is 10.1 Å². The van der Waals surface area contributed by atoms with Crippen molar-refractivity contribution in [3.05, 3.63) is 26.6 Å². The fourth-order valence-corrected chi connectivity index (χ4v) is 4.24. The second-order valence-corrected chi connectivity index (χ2v) is 6.77. The summed E-state index contributed by atoms with van der Waals surface area (Å²) >= 11 is 6.88. The van der Waals surface area contributed by atoms with Gasteiger partial charge in [-0.2, -0.15) is 5.26 Å². The van der Waals surface area contributed by atoms with Gasteiger partial charge in [0, 0.05) is 4.47 Å². The van der Waals surface area contributed by atoms with Crippen molar-refractivity contribution in [2.75, 3.05) is 20.8 Å². The van der Waals surface area contributed by atoms with Gasteiger partial charge in [0.05, 0.1) is 24.8 Å². The van der Waals surface area contributed by atoms with Crippen molar-refractivity contribution in [1.29, 1.82) is 5.26 Å². The third kappa shape index (κ3) is 2.87. The van der Waals surface area contributed by atoms with Gasteiger partial charge in [-0.25, -0.2) is 4.79 Å². The summed E-state index contributed by atoms with van der Waals surface area (Å²) in [6, 6.07) is 5.85. The number of nitrogens with one attached hydrogen (secondary N) is 1. The summed E-state index contributed by atoms with van der Waals surface area (Å²) < 4.78 is 11.8. The van der Waals surface area contributed by atoms with E-state index in [9.17, 15) is 10.1 Å². The van der Waals surface area contributed by atoms with Gasteiger partial charge in [-0.3, -0.25) is 0 Å². The minimum atomic E-state index is -1.02. The number of carbonyl (C=O) groups is 1. The number of hydrogen-bond donors (Lipinski definition) is 1.